The first kappa shape index (κ1) is 17.1. The van der Waals surface area contributed by atoms with E-state index < -0.39 is 0 Å². The fourth-order valence-corrected chi connectivity index (χ4v) is 2.65. The van der Waals surface area contributed by atoms with Crippen LogP contribution in [0.3, 0.4) is 0 Å². The Hall–Kier alpha value is 1.10. The van der Waals surface area contributed by atoms with Crippen molar-refractivity contribution in [3.63, 3.8) is 0 Å². The second-order valence-electron chi connectivity index (χ2n) is 5.30. The van der Waals surface area contributed by atoms with Crippen molar-refractivity contribution in [2.24, 2.45) is 0 Å². The smallest absolute Gasteiger partial charge is 0 e. The summed E-state index contributed by atoms with van der Waals surface area (Å²) in [7, 11) is 0. The summed E-state index contributed by atoms with van der Waals surface area (Å²) in [5.74, 6) is 0. The topological polar surface area (TPSA) is 0 Å². The Kier molecular flexibility index (Phi) is 15.1. The first-order chi connectivity index (χ1) is 7.50. The van der Waals surface area contributed by atoms with Gasteiger partial charge in [0.1, 0.15) is 0 Å². The summed E-state index contributed by atoms with van der Waals surface area (Å²) in [5.41, 5.74) is 0. The normalized spacial score (nSPS) is 22.5. The summed E-state index contributed by atoms with van der Waals surface area (Å²) < 4.78 is 0. The zero-order valence-electron chi connectivity index (χ0n) is 11.2. The summed E-state index contributed by atoms with van der Waals surface area (Å²) >= 11 is 0. The van der Waals surface area contributed by atoms with Gasteiger partial charge < -0.3 is 0 Å². The van der Waals surface area contributed by atoms with Crippen molar-refractivity contribution >= 4 is 0 Å². The molecule has 0 aromatic heterocycles. The van der Waals surface area contributed by atoms with Crippen LogP contribution >= 0.6 is 0 Å². The van der Waals surface area contributed by atoms with Gasteiger partial charge in [0.15, 0.2) is 0 Å². The Bertz CT molecular complexity index is 64.0. The van der Waals surface area contributed by atoms with E-state index in [-0.39, 0.29) is 32.7 Å². The van der Waals surface area contributed by atoms with E-state index in [1.165, 1.54) is 96.3 Å². The Morgan fingerprint density at radius 1 is 0.188 bits per heavy atom. The molecule has 0 N–H and O–H groups in total. The van der Waals surface area contributed by atoms with E-state index in [4.69, 9.17) is 0 Å². The molecule has 3 aliphatic rings. The minimum absolute atomic E-state index is 0. The van der Waals surface area contributed by atoms with Crippen molar-refractivity contribution < 1.29 is 32.7 Å². The van der Waals surface area contributed by atoms with Gasteiger partial charge in [0, 0.05) is 32.7 Å². The van der Waals surface area contributed by atoms with Crippen LogP contribution in [0.5, 0.6) is 0 Å². The molecule has 3 rings (SSSR count). The predicted octanol–water partition coefficient (Wildman–Crippen LogP) is 5.85. The van der Waals surface area contributed by atoms with Crippen LogP contribution in [0.4, 0.5) is 0 Å². The largest absolute Gasteiger partial charge is 0.0533 e. The maximum atomic E-state index is 1.50. The van der Waals surface area contributed by atoms with Crippen molar-refractivity contribution in [3.05, 3.63) is 0 Å². The van der Waals surface area contributed by atoms with E-state index in [0.29, 0.717) is 0 Å². The van der Waals surface area contributed by atoms with E-state index in [1.807, 2.05) is 0 Å². The maximum absolute atomic E-state index is 1.50. The second-order valence-corrected chi connectivity index (χ2v) is 5.30. The molecule has 1 heteroatoms. The molecule has 16 heavy (non-hydrogen) atoms. The van der Waals surface area contributed by atoms with Gasteiger partial charge in [0.2, 0.25) is 0 Å². The van der Waals surface area contributed by atoms with Gasteiger partial charge in [-0.1, -0.05) is 96.3 Å². The van der Waals surface area contributed by atoms with Gasteiger partial charge in [0.05, 0.1) is 0 Å². The molecule has 93 valence electrons. The van der Waals surface area contributed by atoms with Crippen molar-refractivity contribution in [1.29, 1.82) is 0 Å². The van der Waals surface area contributed by atoms with E-state index in [9.17, 15) is 0 Å². The maximum Gasteiger partial charge on any atom is 0 e. The third kappa shape index (κ3) is 11.6. The van der Waals surface area contributed by atoms with Crippen LogP contribution in [-0.2, 0) is 32.7 Å². The van der Waals surface area contributed by atoms with Crippen molar-refractivity contribution in [2.75, 3.05) is 0 Å². The molecule has 3 saturated carbocycles. The van der Waals surface area contributed by atoms with E-state index in [2.05, 4.69) is 0 Å². The van der Waals surface area contributed by atoms with E-state index >= 15 is 0 Å². The van der Waals surface area contributed by atoms with Crippen LogP contribution in [0.2, 0.25) is 0 Å². The molecule has 0 unspecified atom stereocenters. The summed E-state index contributed by atoms with van der Waals surface area (Å²) in [6.45, 7) is 0. The molecular formula is C15H30Y. The number of hydrogen-bond acceptors (Lipinski definition) is 0. The van der Waals surface area contributed by atoms with Crippen LogP contribution in [0.25, 0.3) is 0 Å². The van der Waals surface area contributed by atoms with E-state index in [0.717, 1.165) is 0 Å². The predicted molar refractivity (Wildman–Crippen MR) is 69.3 cm³/mol. The number of hydrogen-bond donors (Lipinski definition) is 0. The minimum atomic E-state index is 0. The molecule has 0 atom stereocenters. The Morgan fingerprint density at radius 3 is 0.312 bits per heavy atom. The molecule has 0 aliphatic heterocycles. The molecule has 0 aromatic carbocycles. The van der Waals surface area contributed by atoms with Crippen molar-refractivity contribution in [1.82, 2.24) is 0 Å². The van der Waals surface area contributed by atoms with Gasteiger partial charge in [-0.3, -0.25) is 0 Å². The monoisotopic (exact) mass is 299 g/mol. The first-order valence-electron chi connectivity index (χ1n) is 7.50. The summed E-state index contributed by atoms with van der Waals surface area (Å²) in [6, 6.07) is 0. The molecule has 0 spiro atoms. The van der Waals surface area contributed by atoms with Gasteiger partial charge in [-0.15, -0.1) is 0 Å². The Balaban J connectivity index is 0.000000205. The van der Waals surface area contributed by atoms with Gasteiger partial charge in [-0.05, 0) is 0 Å². The SMILES string of the molecule is C1CCCC1.C1CCCC1.C1CCCC1.[Y]. The van der Waals surface area contributed by atoms with Gasteiger partial charge >= 0.3 is 0 Å². The second kappa shape index (κ2) is 14.2. The molecule has 0 nitrogen and oxygen atoms in total. The van der Waals surface area contributed by atoms with Gasteiger partial charge in [0.25, 0.3) is 0 Å². The molecule has 1 radical (unpaired) electrons. The Labute approximate surface area is 128 Å². The summed E-state index contributed by atoms with van der Waals surface area (Å²) in [4.78, 5) is 0. The molecule has 0 heterocycles. The van der Waals surface area contributed by atoms with Gasteiger partial charge in [-0.2, -0.15) is 0 Å². The van der Waals surface area contributed by atoms with Crippen molar-refractivity contribution in [3.8, 4) is 0 Å². The summed E-state index contributed by atoms with van der Waals surface area (Å²) in [5, 5.41) is 0. The first-order valence-corrected chi connectivity index (χ1v) is 7.50. The zero-order valence-corrected chi connectivity index (χ0v) is 14.0. The fraction of sp³-hybridized carbons (Fsp3) is 1.00. The Morgan fingerprint density at radius 2 is 0.250 bits per heavy atom. The van der Waals surface area contributed by atoms with Gasteiger partial charge in [-0.25, -0.2) is 0 Å². The van der Waals surface area contributed by atoms with Crippen LogP contribution in [0.1, 0.15) is 96.3 Å². The minimum Gasteiger partial charge on any atom is -0.0533 e. The molecule has 0 saturated heterocycles. The van der Waals surface area contributed by atoms with Crippen LogP contribution in [0, 0.1) is 0 Å². The number of rotatable bonds is 0. The molecule has 3 fully saturated rings. The standard InChI is InChI=1S/3C5H10.Y/c3*1-2-4-5-3-1;/h3*1-5H2;. The van der Waals surface area contributed by atoms with Crippen LogP contribution < -0.4 is 0 Å². The third-order valence-electron chi connectivity index (χ3n) is 3.75. The fourth-order valence-electron chi connectivity index (χ4n) is 2.65. The molecule has 0 amide bonds. The molecule has 0 aromatic rings. The third-order valence-corrected chi connectivity index (χ3v) is 3.75. The quantitative estimate of drug-likeness (QED) is 0.526. The molecule has 0 bridgehead atoms. The van der Waals surface area contributed by atoms with E-state index in [1.54, 1.807) is 0 Å². The van der Waals surface area contributed by atoms with Crippen LogP contribution in [0.15, 0.2) is 0 Å². The zero-order chi connectivity index (χ0) is 10.6. The molecule has 3 aliphatic carbocycles. The van der Waals surface area contributed by atoms with Crippen molar-refractivity contribution in [2.45, 2.75) is 96.3 Å². The van der Waals surface area contributed by atoms with Crippen LogP contribution in [-0.4, -0.2) is 0 Å². The average Bonchev–Trinajstić information content (AvgIpc) is 3.09. The summed E-state index contributed by atoms with van der Waals surface area (Å²) in [6.07, 6.45) is 22.5. The molecular weight excluding hydrogens is 269 g/mol. The average molecular weight is 299 g/mol.